The molecule has 1 aromatic carbocycles. The third-order valence-electron chi connectivity index (χ3n) is 4.90. The zero-order valence-electron chi connectivity index (χ0n) is 16.6. The number of esters is 1. The molecule has 0 bridgehead atoms. The van der Waals surface area contributed by atoms with Gasteiger partial charge in [0.1, 0.15) is 5.56 Å². The maximum atomic E-state index is 14.0. The van der Waals surface area contributed by atoms with Crippen LogP contribution in [0.15, 0.2) is 29.4 Å². The van der Waals surface area contributed by atoms with Crippen LogP contribution in [-0.2, 0) is 21.3 Å². The maximum absolute atomic E-state index is 14.0. The summed E-state index contributed by atoms with van der Waals surface area (Å²) in [5.74, 6) is -1.00. The lowest BCUT2D eigenvalue weighted by atomic mass is 10.0. The van der Waals surface area contributed by atoms with E-state index in [0.717, 1.165) is 12.8 Å². The van der Waals surface area contributed by atoms with E-state index in [1.807, 2.05) is 6.92 Å². The molecule has 2 aromatic rings. The largest absolute Gasteiger partial charge is 0.494 e. The Bertz CT molecular complexity index is 1010. The minimum atomic E-state index is -3.96. The standard InChI is InChI=1S/C19H24FN3O5S/c1-13-5-4-8-23(10-13)29(25,26)18-15(19(24)28-3)12-22(21-18)11-14-6-7-17(27-2)16(20)9-14/h6-7,9,12-13H,4-5,8,10-11H2,1-3H3. The van der Waals surface area contributed by atoms with Crippen LogP contribution < -0.4 is 4.74 Å². The van der Waals surface area contributed by atoms with Crippen LogP contribution in [0.1, 0.15) is 35.7 Å². The summed E-state index contributed by atoms with van der Waals surface area (Å²) in [5.41, 5.74) is 0.400. The molecular formula is C19H24FN3O5S. The van der Waals surface area contributed by atoms with Gasteiger partial charge in [0.2, 0.25) is 5.03 Å². The Hall–Kier alpha value is -2.46. The summed E-state index contributed by atoms with van der Waals surface area (Å²) in [4.78, 5) is 12.2. The highest BCUT2D eigenvalue weighted by Crippen LogP contribution is 2.26. The van der Waals surface area contributed by atoms with E-state index in [9.17, 15) is 17.6 Å². The number of carbonyl (C=O) groups is 1. The average molecular weight is 425 g/mol. The van der Waals surface area contributed by atoms with Gasteiger partial charge in [0.05, 0.1) is 20.8 Å². The molecular weight excluding hydrogens is 401 g/mol. The van der Waals surface area contributed by atoms with Crippen molar-refractivity contribution in [1.29, 1.82) is 0 Å². The number of carbonyl (C=O) groups excluding carboxylic acids is 1. The number of nitrogens with zero attached hydrogens (tertiary/aromatic N) is 3. The molecule has 29 heavy (non-hydrogen) atoms. The van der Waals surface area contributed by atoms with Crippen molar-refractivity contribution in [2.24, 2.45) is 5.92 Å². The molecule has 1 aromatic heterocycles. The van der Waals surface area contributed by atoms with E-state index in [1.165, 1.54) is 41.5 Å². The van der Waals surface area contributed by atoms with Crippen LogP contribution in [0, 0.1) is 11.7 Å². The first-order valence-corrected chi connectivity index (χ1v) is 10.7. The van der Waals surface area contributed by atoms with E-state index < -0.39 is 21.8 Å². The molecule has 8 nitrogen and oxygen atoms in total. The van der Waals surface area contributed by atoms with Gasteiger partial charge in [0.25, 0.3) is 10.0 Å². The molecule has 0 spiro atoms. The number of methoxy groups -OCH3 is 2. The molecule has 0 radical (unpaired) electrons. The molecule has 1 aliphatic heterocycles. The second-order valence-corrected chi connectivity index (χ2v) is 8.97. The number of sulfonamides is 1. The number of hydrogen-bond donors (Lipinski definition) is 0. The second kappa shape index (κ2) is 8.50. The van der Waals surface area contributed by atoms with Gasteiger partial charge in [0, 0.05) is 19.3 Å². The van der Waals surface area contributed by atoms with Crippen LogP contribution in [0.25, 0.3) is 0 Å². The van der Waals surface area contributed by atoms with E-state index in [-0.39, 0.29) is 28.8 Å². The van der Waals surface area contributed by atoms with Crippen molar-refractivity contribution < 1.29 is 27.1 Å². The van der Waals surface area contributed by atoms with Crippen molar-refractivity contribution in [3.05, 3.63) is 41.3 Å². The molecule has 1 aliphatic rings. The Balaban J connectivity index is 1.96. The minimum absolute atomic E-state index is 0.0802. The van der Waals surface area contributed by atoms with Gasteiger partial charge in [-0.1, -0.05) is 13.0 Å². The first-order chi connectivity index (χ1) is 13.8. The molecule has 3 rings (SSSR count). The SMILES string of the molecule is COC(=O)c1cn(Cc2ccc(OC)c(F)c2)nc1S(=O)(=O)N1CCCC(C)C1. The molecule has 1 fully saturated rings. The van der Waals surface area contributed by atoms with E-state index in [2.05, 4.69) is 5.10 Å². The Morgan fingerprint density at radius 3 is 2.72 bits per heavy atom. The van der Waals surface area contributed by atoms with Crippen LogP contribution in [0.4, 0.5) is 4.39 Å². The predicted octanol–water partition coefficient (Wildman–Crippen LogP) is 2.29. The first-order valence-electron chi connectivity index (χ1n) is 9.24. The molecule has 0 amide bonds. The van der Waals surface area contributed by atoms with Crippen LogP contribution >= 0.6 is 0 Å². The minimum Gasteiger partial charge on any atom is -0.494 e. The van der Waals surface area contributed by atoms with Crippen molar-refractivity contribution in [2.75, 3.05) is 27.3 Å². The maximum Gasteiger partial charge on any atom is 0.342 e. The highest BCUT2D eigenvalue weighted by atomic mass is 32.2. The summed E-state index contributed by atoms with van der Waals surface area (Å²) in [5, 5.41) is 3.81. The predicted molar refractivity (Wildman–Crippen MR) is 103 cm³/mol. The quantitative estimate of drug-likeness (QED) is 0.660. The number of piperidine rings is 1. The van der Waals surface area contributed by atoms with Crippen LogP contribution in [-0.4, -0.2) is 55.8 Å². The summed E-state index contributed by atoms with van der Waals surface area (Å²) < 4.78 is 52.5. The van der Waals surface area contributed by atoms with Crippen LogP contribution in [0.3, 0.4) is 0 Å². The van der Waals surface area contributed by atoms with Gasteiger partial charge in [-0.25, -0.2) is 17.6 Å². The van der Waals surface area contributed by atoms with Crippen molar-refractivity contribution in [3.63, 3.8) is 0 Å². The Morgan fingerprint density at radius 2 is 2.10 bits per heavy atom. The van der Waals surface area contributed by atoms with Crippen LogP contribution in [0.5, 0.6) is 5.75 Å². The third kappa shape index (κ3) is 4.43. The van der Waals surface area contributed by atoms with Gasteiger partial charge in [-0.05, 0) is 36.5 Å². The Morgan fingerprint density at radius 1 is 1.34 bits per heavy atom. The number of ether oxygens (including phenoxy) is 2. The molecule has 10 heteroatoms. The molecule has 0 saturated carbocycles. The fraction of sp³-hybridized carbons (Fsp3) is 0.474. The zero-order valence-corrected chi connectivity index (χ0v) is 17.4. The summed E-state index contributed by atoms with van der Waals surface area (Å²) >= 11 is 0. The normalized spacial score (nSPS) is 17.9. The van der Waals surface area contributed by atoms with E-state index in [0.29, 0.717) is 18.7 Å². The van der Waals surface area contributed by atoms with Gasteiger partial charge in [-0.2, -0.15) is 9.40 Å². The summed E-state index contributed by atoms with van der Waals surface area (Å²) in [6.07, 6.45) is 3.02. The zero-order chi connectivity index (χ0) is 21.2. The molecule has 1 unspecified atom stereocenters. The van der Waals surface area contributed by atoms with Gasteiger partial charge >= 0.3 is 5.97 Å². The van der Waals surface area contributed by atoms with E-state index in [1.54, 1.807) is 6.07 Å². The highest BCUT2D eigenvalue weighted by molar-refractivity contribution is 7.89. The van der Waals surface area contributed by atoms with Crippen molar-refractivity contribution in [2.45, 2.75) is 31.3 Å². The monoisotopic (exact) mass is 425 g/mol. The van der Waals surface area contributed by atoms with Gasteiger partial charge in [0.15, 0.2) is 11.6 Å². The van der Waals surface area contributed by atoms with Gasteiger partial charge in [-0.15, -0.1) is 0 Å². The highest BCUT2D eigenvalue weighted by Gasteiger charge is 2.35. The Kier molecular flexibility index (Phi) is 6.23. The number of benzene rings is 1. The molecule has 1 atom stereocenters. The molecule has 1 saturated heterocycles. The van der Waals surface area contributed by atoms with Crippen molar-refractivity contribution in [3.8, 4) is 5.75 Å². The average Bonchev–Trinajstić information content (AvgIpc) is 3.12. The van der Waals surface area contributed by atoms with Gasteiger partial charge in [-0.3, -0.25) is 4.68 Å². The fourth-order valence-electron chi connectivity index (χ4n) is 3.41. The second-order valence-electron chi connectivity index (χ2n) is 7.12. The lowest BCUT2D eigenvalue weighted by Crippen LogP contribution is -2.39. The number of halogens is 1. The number of aromatic nitrogens is 2. The summed E-state index contributed by atoms with van der Waals surface area (Å²) in [6.45, 7) is 2.82. The summed E-state index contributed by atoms with van der Waals surface area (Å²) in [6, 6.07) is 4.39. The Labute approximate surface area is 169 Å². The molecule has 0 aliphatic carbocycles. The lowest BCUT2D eigenvalue weighted by molar-refractivity contribution is 0.0596. The fourth-order valence-corrected chi connectivity index (χ4v) is 5.09. The van der Waals surface area contributed by atoms with Crippen molar-refractivity contribution >= 4 is 16.0 Å². The smallest absolute Gasteiger partial charge is 0.342 e. The number of hydrogen-bond acceptors (Lipinski definition) is 6. The molecule has 0 N–H and O–H groups in total. The first kappa shape index (κ1) is 21.3. The van der Waals surface area contributed by atoms with E-state index in [4.69, 9.17) is 9.47 Å². The third-order valence-corrected chi connectivity index (χ3v) is 6.70. The van der Waals surface area contributed by atoms with Crippen LogP contribution in [0.2, 0.25) is 0 Å². The lowest BCUT2D eigenvalue weighted by Gasteiger charge is -2.29. The molecule has 2 heterocycles. The van der Waals surface area contributed by atoms with Crippen molar-refractivity contribution in [1.82, 2.24) is 14.1 Å². The number of rotatable bonds is 6. The summed E-state index contributed by atoms with van der Waals surface area (Å²) in [7, 11) is -1.42. The molecule has 158 valence electrons. The topological polar surface area (TPSA) is 90.7 Å². The van der Waals surface area contributed by atoms with E-state index >= 15 is 0 Å². The van der Waals surface area contributed by atoms with Gasteiger partial charge < -0.3 is 9.47 Å².